The summed E-state index contributed by atoms with van der Waals surface area (Å²) in [5.41, 5.74) is 4.78. The molecule has 2 aromatic heterocycles. The molecule has 0 saturated heterocycles. The van der Waals surface area contributed by atoms with Crippen LogP contribution in [0.15, 0.2) is 18.2 Å². The number of nitrogens with zero attached hydrogens (tertiary/aromatic N) is 5. The summed E-state index contributed by atoms with van der Waals surface area (Å²) >= 11 is 1.57. The van der Waals surface area contributed by atoms with Gasteiger partial charge < -0.3 is 4.90 Å². The van der Waals surface area contributed by atoms with Crippen LogP contribution in [0.25, 0.3) is 10.2 Å². The Labute approximate surface area is 182 Å². The van der Waals surface area contributed by atoms with E-state index in [1.165, 1.54) is 11.1 Å². The molecular formula is C21H30ClN5OS. The lowest BCUT2D eigenvalue weighted by atomic mass is 10.1. The molecule has 0 aliphatic carbocycles. The zero-order chi connectivity index (χ0) is 20.6. The van der Waals surface area contributed by atoms with E-state index in [9.17, 15) is 4.79 Å². The maximum absolute atomic E-state index is 13.4. The second-order valence-corrected chi connectivity index (χ2v) is 8.87. The van der Waals surface area contributed by atoms with Gasteiger partial charge in [0.1, 0.15) is 0 Å². The van der Waals surface area contributed by atoms with Crippen molar-refractivity contribution in [3.8, 4) is 0 Å². The van der Waals surface area contributed by atoms with Crippen molar-refractivity contribution in [3.05, 3.63) is 40.7 Å². The first-order valence-electron chi connectivity index (χ1n) is 9.58. The van der Waals surface area contributed by atoms with E-state index in [0.29, 0.717) is 12.2 Å². The molecule has 0 fully saturated rings. The SMILES string of the molecule is Cc1cc(C)c2sc(N(CCN(C)C)C(=O)c3cc(C)n(C(C)C)n3)nc2c1.Cl. The summed E-state index contributed by atoms with van der Waals surface area (Å²) < 4.78 is 3.02. The number of aryl methyl sites for hydroxylation is 3. The first-order valence-corrected chi connectivity index (χ1v) is 10.4. The predicted molar refractivity (Wildman–Crippen MR) is 124 cm³/mol. The molecule has 0 spiro atoms. The first kappa shape index (κ1) is 23.3. The number of anilines is 1. The Morgan fingerprint density at radius 3 is 2.41 bits per heavy atom. The third-order valence-corrected chi connectivity index (χ3v) is 5.92. The highest BCUT2D eigenvalue weighted by Crippen LogP contribution is 2.32. The summed E-state index contributed by atoms with van der Waals surface area (Å²) in [6, 6.07) is 6.32. The molecule has 0 atom stereocenters. The third kappa shape index (κ3) is 4.97. The molecule has 0 unspecified atom stereocenters. The molecule has 0 radical (unpaired) electrons. The van der Waals surface area contributed by atoms with Crippen LogP contribution in [-0.4, -0.2) is 52.8 Å². The van der Waals surface area contributed by atoms with Gasteiger partial charge in [-0.1, -0.05) is 17.4 Å². The molecule has 0 N–H and O–H groups in total. The molecule has 6 nitrogen and oxygen atoms in total. The van der Waals surface area contributed by atoms with Gasteiger partial charge in [0.15, 0.2) is 10.8 Å². The van der Waals surface area contributed by atoms with E-state index >= 15 is 0 Å². The van der Waals surface area contributed by atoms with Crippen molar-refractivity contribution < 1.29 is 4.79 Å². The molecule has 0 bridgehead atoms. The fourth-order valence-corrected chi connectivity index (χ4v) is 4.36. The van der Waals surface area contributed by atoms with Crippen LogP contribution in [0.4, 0.5) is 5.13 Å². The molecule has 3 aromatic rings. The normalized spacial score (nSPS) is 11.3. The Morgan fingerprint density at radius 2 is 1.83 bits per heavy atom. The standard InChI is InChI=1S/C21H29N5OS.ClH/c1-13(2)26-16(5)12-18(23-26)20(27)25(9-8-24(6)7)21-22-17-11-14(3)10-15(4)19(17)28-21;/h10-13H,8-9H2,1-7H3;1H. The maximum Gasteiger partial charge on any atom is 0.280 e. The second-order valence-electron chi connectivity index (χ2n) is 7.90. The van der Waals surface area contributed by atoms with E-state index in [2.05, 4.69) is 49.8 Å². The molecule has 29 heavy (non-hydrogen) atoms. The quantitative estimate of drug-likeness (QED) is 0.566. The van der Waals surface area contributed by atoms with Gasteiger partial charge in [-0.25, -0.2) is 4.98 Å². The molecule has 2 heterocycles. The predicted octanol–water partition coefficient (Wildman–Crippen LogP) is 4.63. The van der Waals surface area contributed by atoms with E-state index in [1.54, 1.807) is 16.2 Å². The average Bonchev–Trinajstić information content (AvgIpc) is 3.18. The van der Waals surface area contributed by atoms with Crippen LogP contribution >= 0.6 is 23.7 Å². The lowest BCUT2D eigenvalue weighted by Crippen LogP contribution is -2.37. The Morgan fingerprint density at radius 1 is 1.14 bits per heavy atom. The Kier molecular flexibility index (Phi) is 7.43. The molecule has 1 amide bonds. The van der Waals surface area contributed by atoms with Crippen molar-refractivity contribution in [1.29, 1.82) is 0 Å². The van der Waals surface area contributed by atoms with Crippen LogP contribution in [0.1, 0.15) is 47.2 Å². The molecular weight excluding hydrogens is 406 g/mol. The minimum atomic E-state index is -0.0993. The van der Waals surface area contributed by atoms with Crippen LogP contribution in [-0.2, 0) is 0 Å². The van der Waals surface area contributed by atoms with Gasteiger partial charge in [0.25, 0.3) is 5.91 Å². The van der Waals surface area contributed by atoms with Gasteiger partial charge in [-0.2, -0.15) is 5.10 Å². The number of hydrogen-bond donors (Lipinski definition) is 0. The molecule has 0 aliphatic rings. The first-order chi connectivity index (χ1) is 13.2. The van der Waals surface area contributed by atoms with Crippen LogP contribution in [0, 0.1) is 20.8 Å². The van der Waals surface area contributed by atoms with E-state index < -0.39 is 0 Å². The number of benzene rings is 1. The minimum Gasteiger partial charge on any atom is -0.308 e. The van der Waals surface area contributed by atoms with Gasteiger partial charge >= 0.3 is 0 Å². The maximum atomic E-state index is 13.4. The van der Waals surface area contributed by atoms with E-state index in [1.807, 2.05) is 31.8 Å². The number of likely N-dealkylation sites (N-methyl/N-ethyl adjacent to an activating group) is 1. The average molecular weight is 436 g/mol. The number of carbonyl (C=O) groups is 1. The molecule has 1 aromatic carbocycles. The lowest BCUT2D eigenvalue weighted by molar-refractivity contribution is 0.0979. The zero-order valence-corrected chi connectivity index (χ0v) is 19.8. The molecule has 0 saturated carbocycles. The van der Waals surface area contributed by atoms with Crippen molar-refractivity contribution in [2.75, 3.05) is 32.1 Å². The Hall–Kier alpha value is -1.96. The minimum absolute atomic E-state index is 0. The molecule has 3 rings (SSSR count). The van der Waals surface area contributed by atoms with Gasteiger partial charge in [-0.05, 0) is 72.0 Å². The monoisotopic (exact) mass is 435 g/mol. The summed E-state index contributed by atoms with van der Waals surface area (Å²) in [7, 11) is 4.01. The largest absolute Gasteiger partial charge is 0.308 e. The summed E-state index contributed by atoms with van der Waals surface area (Å²) in [6.45, 7) is 11.6. The highest BCUT2D eigenvalue weighted by atomic mass is 35.5. The summed E-state index contributed by atoms with van der Waals surface area (Å²) in [5, 5.41) is 5.29. The fourth-order valence-electron chi connectivity index (χ4n) is 3.32. The van der Waals surface area contributed by atoms with Crippen molar-refractivity contribution in [2.24, 2.45) is 0 Å². The summed E-state index contributed by atoms with van der Waals surface area (Å²) in [4.78, 5) is 22.0. The van der Waals surface area contributed by atoms with E-state index in [0.717, 1.165) is 27.6 Å². The van der Waals surface area contributed by atoms with E-state index in [4.69, 9.17) is 4.98 Å². The van der Waals surface area contributed by atoms with Crippen molar-refractivity contribution in [3.63, 3.8) is 0 Å². The van der Waals surface area contributed by atoms with Gasteiger partial charge in [-0.15, -0.1) is 12.4 Å². The van der Waals surface area contributed by atoms with Gasteiger partial charge in [-0.3, -0.25) is 14.4 Å². The smallest absolute Gasteiger partial charge is 0.280 e. The highest BCUT2D eigenvalue weighted by molar-refractivity contribution is 7.22. The summed E-state index contributed by atoms with van der Waals surface area (Å²) in [6.07, 6.45) is 0. The van der Waals surface area contributed by atoms with E-state index in [-0.39, 0.29) is 24.4 Å². The van der Waals surface area contributed by atoms with Crippen molar-refractivity contribution >= 4 is 45.0 Å². The number of aromatic nitrogens is 3. The topological polar surface area (TPSA) is 54.3 Å². The van der Waals surface area contributed by atoms with Crippen molar-refractivity contribution in [2.45, 2.75) is 40.7 Å². The Bertz CT molecular complexity index is 1010. The van der Waals surface area contributed by atoms with Gasteiger partial charge in [0.2, 0.25) is 0 Å². The fraction of sp³-hybridized carbons (Fsp3) is 0.476. The zero-order valence-electron chi connectivity index (χ0n) is 18.2. The van der Waals surface area contributed by atoms with Crippen LogP contribution in [0.5, 0.6) is 0 Å². The number of halogens is 1. The Balaban J connectivity index is 0.00000300. The molecule has 158 valence electrons. The second kappa shape index (κ2) is 9.24. The summed E-state index contributed by atoms with van der Waals surface area (Å²) in [5.74, 6) is -0.0993. The third-order valence-electron chi connectivity index (χ3n) is 4.69. The highest BCUT2D eigenvalue weighted by Gasteiger charge is 2.25. The van der Waals surface area contributed by atoms with Crippen LogP contribution < -0.4 is 4.90 Å². The molecule has 0 aliphatic heterocycles. The number of fused-ring (bicyclic) bond motifs is 1. The van der Waals surface area contributed by atoms with Gasteiger partial charge in [0, 0.05) is 24.8 Å². The number of hydrogen-bond acceptors (Lipinski definition) is 5. The van der Waals surface area contributed by atoms with Crippen LogP contribution in [0.3, 0.4) is 0 Å². The number of thiazole rings is 1. The number of rotatable bonds is 6. The lowest BCUT2D eigenvalue weighted by Gasteiger charge is -2.21. The number of amides is 1. The van der Waals surface area contributed by atoms with Gasteiger partial charge in [0.05, 0.1) is 10.2 Å². The molecule has 8 heteroatoms. The van der Waals surface area contributed by atoms with Crippen molar-refractivity contribution in [1.82, 2.24) is 19.7 Å². The van der Waals surface area contributed by atoms with Crippen LogP contribution in [0.2, 0.25) is 0 Å². The number of carbonyl (C=O) groups excluding carboxylic acids is 1.